The Hall–Kier alpha value is -1.10. The van der Waals surface area contributed by atoms with E-state index in [1.165, 1.54) is 0 Å². The fourth-order valence-corrected chi connectivity index (χ4v) is 2.95. The number of hydrogen-bond acceptors (Lipinski definition) is 3. The first kappa shape index (κ1) is 17.0. The molecular weight excluding hydrogens is 256 g/mol. The lowest BCUT2D eigenvalue weighted by molar-refractivity contribution is -0.137. The predicted octanol–water partition coefficient (Wildman–Crippen LogP) is 1.76. The van der Waals surface area contributed by atoms with Gasteiger partial charge in [-0.2, -0.15) is 0 Å². The lowest BCUT2D eigenvalue weighted by atomic mass is 9.88. The van der Waals surface area contributed by atoms with Crippen molar-refractivity contribution in [3.05, 3.63) is 0 Å². The van der Waals surface area contributed by atoms with E-state index in [0.717, 1.165) is 25.7 Å². The summed E-state index contributed by atoms with van der Waals surface area (Å²) < 4.78 is 0. The van der Waals surface area contributed by atoms with Crippen molar-refractivity contribution in [1.82, 2.24) is 5.32 Å². The van der Waals surface area contributed by atoms with Gasteiger partial charge in [0.25, 0.3) is 0 Å². The number of amides is 1. The molecule has 1 rings (SSSR count). The molecule has 1 aliphatic carbocycles. The van der Waals surface area contributed by atoms with E-state index in [1.807, 2.05) is 0 Å². The number of aliphatic carboxylic acids is 1. The lowest BCUT2D eigenvalue weighted by Crippen LogP contribution is -2.39. The standard InChI is InChI=1S/C15H28N2O3/c1-10(2)11(6-7-14(18)19)8-9-17-15(20)12-4-3-5-13(12)16/h10-13H,3-9,16H2,1-2H3,(H,17,20)(H,18,19). The van der Waals surface area contributed by atoms with Gasteiger partial charge in [-0.25, -0.2) is 0 Å². The van der Waals surface area contributed by atoms with Gasteiger partial charge in [0, 0.05) is 19.0 Å². The number of carbonyl (C=O) groups excluding carboxylic acids is 1. The minimum atomic E-state index is -0.753. The topological polar surface area (TPSA) is 92.4 Å². The van der Waals surface area contributed by atoms with Crippen molar-refractivity contribution in [2.45, 2.75) is 58.4 Å². The van der Waals surface area contributed by atoms with E-state index in [4.69, 9.17) is 10.8 Å². The van der Waals surface area contributed by atoms with E-state index in [2.05, 4.69) is 19.2 Å². The van der Waals surface area contributed by atoms with E-state index >= 15 is 0 Å². The number of nitrogens with one attached hydrogen (secondary N) is 1. The van der Waals surface area contributed by atoms with Crippen molar-refractivity contribution in [2.24, 2.45) is 23.5 Å². The van der Waals surface area contributed by atoms with Crippen molar-refractivity contribution in [2.75, 3.05) is 6.54 Å². The van der Waals surface area contributed by atoms with Crippen LogP contribution in [0.2, 0.25) is 0 Å². The van der Waals surface area contributed by atoms with Crippen LogP contribution in [0.1, 0.15) is 52.4 Å². The SMILES string of the molecule is CC(C)C(CCNC(=O)C1CCCC1N)CCC(=O)O. The molecule has 1 aliphatic rings. The highest BCUT2D eigenvalue weighted by molar-refractivity contribution is 5.79. The first-order chi connectivity index (χ1) is 9.41. The van der Waals surface area contributed by atoms with Crippen LogP contribution in [0, 0.1) is 17.8 Å². The van der Waals surface area contributed by atoms with Gasteiger partial charge in [0.05, 0.1) is 5.92 Å². The Balaban J connectivity index is 2.29. The molecule has 0 heterocycles. The normalized spacial score (nSPS) is 23.8. The van der Waals surface area contributed by atoms with Crippen LogP contribution in [0.15, 0.2) is 0 Å². The molecule has 0 saturated heterocycles. The molecule has 0 aromatic rings. The fourth-order valence-electron chi connectivity index (χ4n) is 2.95. The molecule has 3 atom stereocenters. The third-order valence-corrected chi connectivity index (χ3v) is 4.39. The van der Waals surface area contributed by atoms with Crippen LogP contribution in [-0.2, 0) is 9.59 Å². The summed E-state index contributed by atoms with van der Waals surface area (Å²) in [4.78, 5) is 22.6. The maximum atomic E-state index is 12.0. The van der Waals surface area contributed by atoms with Gasteiger partial charge in [0.15, 0.2) is 0 Å². The quantitative estimate of drug-likeness (QED) is 0.633. The van der Waals surface area contributed by atoms with Crippen molar-refractivity contribution >= 4 is 11.9 Å². The second-order valence-electron chi connectivity index (χ2n) is 6.22. The Morgan fingerprint density at radius 2 is 2.00 bits per heavy atom. The third-order valence-electron chi connectivity index (χ3n) is 4.39. The molecule has 1 amide bonds. The molecule has 1 saturated carbocycles. The summed E-state index contributed by atoms with van der Waals surface area (Å²) in [6.45, 7) is 4.81. The minimum Gasteiger partial charge on any atom is -0.481 e. The summed E-state index contributed by atoms with van der Waals surface area (Å²) >= 11 is 0. The molecule has 4 N–H and O–H groups in total. The van der Waals surface area contributed by atoms with E-state index in [1.54, 1.807) is 0 Å². The first-order valence-corrected chi connectivity index (χ1v) is 7.67. The summed E-state index contributed by atoms with van der Waals surface area (Å²) in [7, 11) is 0. The molecule has 0 aromatic carbocycles. The van der Waals surface area contributed by atoms with E-state index in [0.29, 0.717) is 24.8 Å². The third kappa shape index (κ3) is 5.49. The van der Waals surface area contributed by atoms with Gasteiger partial charge in [-0.1, -0.05) is 20.3 Å². The van der Waals surface area contributed by atoms with Gasteiger partial charge in [0.2, 0.25) is 5.91 Å². The zero-order valence-corrected chi connectivity index (χ0v) is 12.6. The Morgan fingerprint density at radius 3 is 2.50 bits per heavy atom. The van der Waals surface area contributed by atoms with Crippen LogP contribution in [0.25, 0.3) is 0 Å². The van der Waals surface area contributed by atoms with Gasteiger partial charge >= 0.3 is 5.97 Å². The minimum absolute atomic E-state index is 0.00269. The number of carboxylic acids is 1. The Morgan fingerprint density at radius 1 is 1.30 bits per heavy atom. The smallest absolute Gasteiger partial charge is 0.303 e. The Labute approximate surface area is 121 Å². The van der Waals surface area contributed by atoms with Crippen LogP contribution in [0.3, 0.4) is 0 Å². The number of carboxylic acid groups (broad SMARTS) is 1. The molecule has 0 bridgehead atoms. The Kier molecular flexibility index (Phi) is 6.99. The lowest BCUT2D eigenvalue weighted by Gasteiger charge is -2.21. The molecule has 1 fully saturated rings. The monoisotopic (exact) mass is 284 g/mol. The zero-order valence-electron chi connectivity index (χ0n) is 12.6. The van der Waals surface area contributed by atoms with Crippen LogP contribution in [-0.4, -0.2) is 29.6 Å². The molecule has 0 aliphatic heterocycles. The zero-order chi connectivity index (χ0) is 15.1. The molecule has 0 radical (unpaired) electrons. The van der Waals surface area contributed by atoms with Crippen LogP contribution >= 0.6 is 0 Å². The highest BCUT2D eigenvalue weighted by Crippen LogP contribution is 2.24. The molecule has 0 aromatic heterocycles. The summed E-state index contributed by atoms with van der Waals surface area (Å²) in [5.41, 5.74) is 5.91. The fraction of sp³-hybridized carbons (Fsp3) is 0.867. The van der Waals surface area contributed by atoms with Gasteiger partial charge in [-0.15, -0.1) is 0 Å². The van der Waals surface area contributed by atoms with Crippen LogP contribution in [0.5, 0.6) is 0 Å². The number of carbonyl (C=O) groups is 2. The molecular formula is C15H28N2O3. The maximum absolute atomic E-state index is 12.0. The van der Waals surface area contributed by atoms with Crippen molar-refractivity contribution < 1.29 is 14.7 Å². The summed E-state index contributed by atoms with van der Waals surface area (Å²) in [5.74, 6) is 0.0440. The number of nitrogens with two attached hydrogens (primary N) is 1. The van der Waals surface area contributed by atoms with Gasteiger partial charge < -0.3 is 16.2 Å². The van der Waals surface area contributed by atoms with Crippen molar-refractivity contribution in [3.63, 3.8) is 0 Å². The second-order valence-corrected chi connectivity index (χ2v) is 6.22. The molecule has 3 unspecified atom stereocenters. The molecule has 0 spiro atoms. The molecule has 20 heavy (non-hydrogen) atoms. The largest absolute Gasteiger partial charge is 0.481 e. The summed E-state index contributed by atoms with van der Waals surface area (Å²) in [6, 6.07) is 0.00269. The first-order valence-electron chi connectivity index (χ1n) is 7.67. The predicted molar refractivity (Wildman–Crippen MR) is 78.1 cm³/mol. The highest BCUT2D eigenvalue weighted by Gasteiger charge is 2.30. The van der Waals surface area contributed by atoms with Gasteiger partial charge in [-0.3, -0.25) is 9.59 Å². The molecule has 5 heteroatoms. The molecule has 116 valence electrons. The van der Waals surface area contributed by atoms with E-state index in [-0.39, 0.29) is 24.3 Å². The highest BCUT2D eigenvalue weighted by atomic mass is 16.4. The summed E-state index contributed by atoms with van der Waals surface area (Å²) in [6.07, 6.45) is 4.56. The Bertz CT molecular complexity index is 331. The van der Waals surface area contributed by atoms with Crippen molar-refractivity contribution in [3.8, 4) is 0 Å². The summed E-state index contributed by atoms with van der Waals surface area (Å²) in [5, 5.41) is 11.7. The van der Waals surface area contributed by atoms with E-state index in [9.17, 15) is 9.59 Å². The second kappa shape index (κ2) is 8.25. The van der Waals surface area contributed by atoms with E-state index < -0.39 is 5.97 Å². The number of hydrogen-bond donors (Lipinski definition) is 3. The average Bonchev–Trinajstić information content (AvgIpc) is 2.78. The average molecular weight is 284 g/mol. The van der Waals surface area contributed by atoms with Gasteiger partial charge in [0.1, 0.15) is 0 Å². The van der Waals surface area contributed by atoms with Crippen LogP contribution in [0.4, 0.5) is 0 Å². The number of rotatable bonds is 8. The maximum Gasteiger partial charge on any atom is 0.303 e. The van der Waals surface area contributed by atoms with Crippen LogP contribution < -0.4 is 11.1 Å². The van der Waals surface area contributed by atoms with Gasteiger partial charge in [-0.05, 0) is 37.5 Å². The molecule has 5 nitrogen and oxygen atoms in total. The van der Waals surface area contributed by atoms with Crippen molar-refractivity contribution in [1.29, 1.82) is 0 Å².